The van der Waals surface area contributed by atoms with Crippen LogP contribution in [0.25, 0.3) is 11.4 Å². The molecular formula is C21H24N4O3. The lowest BCUT2D eigenvalue weighted by molar-refractivity contribution is 0.339. The number of rotatable bonds is 7. The molecule has 0 bridgehead atoms. The monoisotopic (exact) mass is 380 g/mol. The van der Waals surface area contributed by atoms with E-state index in [0.717, 1.165) is 23.5 Å². The van der Waals surface area contributed by atoms with E-state index in [1.54, 1.807) is 0 Å². The number of benzene rings is 2. The van der Waals surface area contributed by atoms with Crippen molar-refractivity contribution in [2.24, 2.45) is 0 Å². The molecule has 1 aliphatic heterocycles. The molecular weight excluding hydrogens is 356 g/mol. The van der Waals surface area contributed by atoms with Crippen molar-refractivity contribution in [3.05, 3.63) is 60.0 Å². The fourth-order valence-electron chi connectivity index (χ4n) is 3.26. The average Bonchev–Trinajstić information content (AvgIpc) is 3.40. The molecule has 2 heterocycles. The summed E-state index contributed by atoms with van der Waals surface area (Å²) in [4.78, 5) is 4.56. The maximum atomic E-state index is 5.50. The summed E-state index contributed by atoms with van der Waals surface area (Å²) in [6.45, 7) is 5.25. The van der Waals surface area contributed by atoms with Crippen LogP contribution >= 0.6 is 0 Å². The molecule has 0 saturated carbocycles. The summed E-state index contributed by atoms with van der Waals surface area (Å²) in [5.41, 5.74) is 8.64. The lowest BCUT2D eigenvalue weighted by atomic mass is 10.0. The van der Waals surface area contributed by atoms with Crippen LogP contribution in [0.15, 0.2) is 53.1 Å². The van der Waals surface area contributed by atoms with E-state index in [1.165, 1.54) is 5.56 Å². The summed E-state index contributed by atoms with van der Waals surface area (Å²) >= 11 is 0. The van der Waals surface area contributed by atoms with Crippen LogP contribution in [0.4, 0.5) is 0 Å². The molecule has 1 saturated heterocycles. The van der Waals surface area contributed by atoms with Crippen molar-refractivity contribution in [3.8, 4) is 22.9 Å². The van der Waals surface area contributed by atoms with Crippen molar-refractivity contribution in [3.63, 3.8) is 0 Å². The van der Waals surface area contributed by atoms with Gasteiger partial charge in [-0.2, -0.15) is 4.98 Å². The quantitative estimate of drug-likeness (QED) is 0.645. The van der Waals surface area contributed by atoms with Crippen LogP contribution in [0.1, 0.15) is 43.8 Å². The largest absolute Gasteiger partial charge is 0.494 e. The van der Waals surface area contributed by atoms with E-state index >= 15 is 0 Å². The first kappa shape index (κ1) is 18.5. The Hall–Kier alpha value is -2.90. The van der Waals surface area contributed by atoms with Gasteiger partial charge in [0.1, 0.15) is 17.5 Å². The second kappa shape index (κ2) is 8.41. The molecule has 7 nitrogen and oxygen atoms in total. The second-order valence-corrected chi connectivity index (χ2v) is 6.55. The molecule has 28 heavy (non-hydrogen) atoms. The highest BCUT2D eigenvalue weighted by Gasteiger charge is 2.30. The van der Waals surface area contributed by atoms with Crippen molar-refractivity contribution >= 4 is 0 Å². The van der Waals surface area contributed by atoms with E-state index in [-0.39, 0.29) is 12.1 Å². The Labute approximate surface area is 164 Å². The van der Waals surface area contributed by atoms with Gasteiger partial charge in [0.2, 0.25) is 11.7 Å². The van der Waals surface area contributed by atoms with E-state index in [2.05, 4.69) is 33.1 Å². The standard InChI is InChI=1S/C21H24N4O3/c1-3-26-16-9-5-14(6-10-16)18-13-19(24-23-18)21-22-20(25-28-21)15-7-11-17(12-8-15)27-4-2/h5-12,18-19,23-24H,3-4,13H2,1-2H3. The summed E-state index contributed by atoms with van der Waals surface area (Å²) in [6, 6.07) is 15.9. The number of aromatic nitrogens is 2. The fourth-order valence-corrected chi connectivity index (χ4v) is 3.26. The average molecular weight is 380 g/mol. The van der Waals surface area contributed by atoms with Gasteiger partial charge in [-0.05, 0) is 62.2 Å². The smallest absolute Gasteiger partial charge is 0.245 e. The summed E-state index contributed by atoms with van der Waals surface area (Å²) in [5, 5.41) is 4.13. The molecule has 3 aromatic rings. The number of nitrogens with one attached hydrogen (secondary N) is 2. The van der Waals surface area contributed by atoms with Gasteiger partial charge in [0.25, 0.3) is 0 Å². The molecule has 2 unspecified atom stereocenters. The predicted octanol–water partition coefficient (Wildman–Crippen LogP) is 3.81. The third-order valence-electron chi connectivity index (χ3n) is 4.66. The Morgan fingerprint density at radius 1 is 0.893 bits per heavy atom. The maximum absolute atomic E-state index is 5.50. The van der Waals surface area contributed by atoms with Crippen LogP contribution < -0.4 is 20.3 Å². The molecule has 4 rings (SSSR count). The van der Waals surface area contributed by atoms with Gasteiger partial charge in [0.15, 0.2) is 0 Å². The molecule has 2 N–H and O–H groups in total. The molecule has 0 spiro atoms. The Balaban J connectivity index is 1.42. The topological polar surface area (TPSA) is 81.4 Å². The Morgan fingerprint density at radius 2 is 1.50 bits per heavy atom. The van der Waals surface area contributed by atoms with Crippen molar-refractivity contribution in [2.75, 3.05) is 13.2 Å². The lowest BCUT2D eigenvalue weighted by Gasteiger charge is -2.10. The van der Waals surface area contributed by atoms with E-state index in [1.807, 2.05) is 50.2 Å². The summed E-state index contributed by atoms with van der Waals surface area (Å²) in [7, 11) is 0. The molecule has 2 atom stereocenters. The maximum Gasteiger partial charge on any atom is 0.245 e. The molecule has 1 fully saturated rings. The molecule has 0 aliphatic carbocycles. The highest BCUT2D eigenvalue weighted by molar-refractivity contribution is 5.55. The number of hydrogen-bond acceptors (Lipinski definition) is 7. The van der Waals surface area contributed by atoms with Crippen molar-refractivity contribution in [1.29, 1.82) is 0 Å². The Kier molecular flexibility index (Phi) is 5.55. The summed E-state index contributed by atoms with van der Waals surface area (Å²) in [5.74, 6) is 2.86. The second-order valence-electron chi connectivity index (χ2n) is 6.55. The van der Waals surface area contributed by atoms with Crippen LogP contribution in [0.3, 0.4) is 0 Å². The molecule has 146 valence electrons. The van der Waals surface area contributed by atoms with Gasteiger partial charge in [-0.15, -0.1) is 0 Å². The fraction of sp³-hybridized carbons (Fsp3) is 0.333. The normalized spacial score (nSPS) is 18.9. The zero-order valence-electron chi connectivity index (χ0n) is 16.0. The van der Waals surface area contributed by atoms with Crippen LogP contribution in [-0.2, 0) is 0 Å². The SMILES string of the molecule is CCOc1ccc(-c2noc(C3CC(c4ccc(OCC)cc4)NN3)n2)cc1. The van der Waals surface area contributed by atoms with Crippen molar-refractivity contribution in [1.82, 2.24) is 21.0 Å². The first-order valence-electron chi connectivity index (χ1n) is 9.57. The van der Waals surface area contributed by atoms with Gasteiger partial charge in [0, 0.05) is 11.6 Å². The van der Waals surface area contributed by atoms with Crippen molar-refractivity contribution < 1.29 is 14.0 Å². The highest BCUT2D eigenvalue weighted by Crippen LogP contribution is 2.31. The first-order chi connectivity index (χ1) is 13.8. The van der Waals surface area contributed by atoms with Gasteiger partial charge < -0.3 is 14.0 Å². The van der Waals surface area contributed by atoms with Crippen LogP contribution in [-0.4, -0.2) is 23.4 Å². The Bertz CT molecular complexity index is 893. The van der Waals surface area contributed by atoms with Gasteiger partial charge in [0.05, 0.1) is 13.2 Å². The van der Waals surface area contributed by atoms with E-state index in [9.17, 15) is 0 Å². The minimum atomic E-state index is -0.0412. The molecule has 0 amide bonds. The third kappa shape index (κ3) is 4.00. The molecule has 1 aromatic heterocycles. The molecule has 1 aliphatic rings. The molecule has 7 heteroatoms. The van der Waals surface area contributed by atoms with Crippen LogP contribution in [0, 0.1) is 0 Å². The number of ether oxygens (including phenoxy) is 2. The minimum absolute atomic E-state index is 0.0412. The molecule has 2 aromatic carbocycles. The van der Waals surface area contributed by atoms with Gasteiger partial charge in [-0.3, -0.25) is 0 Å². The van der Waals surface area contributed by atoms with E-state index in [0.29, 0.717) is 24.9 Å². The predicted molar refractivity (Wildman–Crippen MR) is 105 cm³/mol. The Morgan fingerprint density at radius 3 is 2.14 bits per heavy atom. The number of hydrazine groups is 1. The zero-order valence-corrected chi connectivity index (χ0v) is 16.0. The number of nitrogens with zero attached hydrogens (tertiary/aromatic N) is 2. The first-order valence-corrected chi connectivity index (χ1v) is 9.57. The number of hydrogen-bond donors (Lipinski definition) is 2. The van der Waals surface area contributed by atoms with Crippen molar-refractivity contribution in [2.45, 2.75) is 32.4 Å². The highest BCUT2D eigenvalue weighted by atomic mass is 16.5. The van der Waals surface area contributed by atoms with Crippen LogP contribution in [0.2, 0.25) is 0 Å². The van der Waals surface area contributed by atoms with E-state index in [4.69, 9.17) is 14.0 Å². The zero-order chi connectivity index (χ0) is 19.3. The third-order valence-corrected chi connectivity index (χ3v) is 4.66. The lowest BCUT2D eigenvalue weighted by Crippen LogP contribution is -2.26. The van der Waals surface area contributed by atoms with Gasteiger partial charge in [-0.25, -0.2) is 10.9 Å². The van der Waals surface area contributed by atoms with Gasteiger partial charge in [-0.1, -0.05) is 17.3 Å². The van der Waals surface area contributed by atoms with Crippen LogP contribution in [0.5, 0.6) is 11.5 Å². The van der Waals surface area contributed by atoms with E-state index < -0.39 is 0 Å². The minimum Gasteiger partial charge on any atom is -0.494 e. The summed E-state index contributed by atoms with van der Waals surface area (Å²) in [6.07, 6.45) is 0.818. The summed E-state index contributed by atoms with van der Waals surface area (Å²) < 4.78 is 16.5. The van der Waals surface area contributed by atoms with Gasteiger partial charge >= 0.3 is 0 Å². The molecule has 0 radical (unpaired) electrons.